The Balaban J connectivity index is 1.95. The summed E-state index contributed by atoms with van der Waals surface area (Å²) in [5, 5.41) is 3.83. The molecule has 1 aromatic rings. The van der Waals surface area contributed by atoms with E-state index in [0.717, 1.165) is 4.90 Å². The second-order valence-corrected chi connectivity index (χ2v) is 5.64. The van der Waals surface area contributed by atoms with E-state index in [9.17, 15) is 14.4 Å². The number of carbonyl (C=O) groups is 3. The fraction of sp³-hybridized carbons (Fsp3) is 0.375. The van der Waals surface area contributed by atoms with Gasteiger partial charge in [-0.25, -0.2) is 9.69 Å². The summed E-state index contributed by atoms with van der Waals surface area (Å²) in [4.78, 5) is 38.4. The van der Waals surface area contributed by atoms with Gasteiger partial charge in [-0.1, -0.05) is 0 Å². The van der Waals surface area contributed by atoms with Crippen LogP contribution in [0.15, 0.2) is 29.4 Å². The highest BCUT2D eigenvalue weighted by Gasteiger charge is 2.63. The van der Waals surface area contributed by atoms with Gasteiger partial charge in [-0.3, -0.25) is 15.0 Å². The Morgan fingerprint density at radius 3 is 2.58 bits per heavy atom. The SMILES string of the molecule is CCOc1ccc(N2C(=O)C3C(C(=O)OC)=NNC3(C)C2=O)cc1. The third-order valence-corrected chi connectivity index (χ3v) is 4.17. The molecule has 2 atom stereocenters. The van der Waals surface area contributed by atoms with Gasteiger partial charge in [0.2, 0.25) is 5.91 Å². The molecule has 1 fully saturated rings. The molecule has 1 N–H and O–H groups in total. The molecule has 1 aromatic carbocycles. The zero-order valence-electron chi connectivity index (χ0n) is 13.5. The number of rotatable bonds is 4. The molecule has 2 unspecified atom stereocenters. The third kappa shape index (κ3) is 2.14. The maximum absolute atomic E-state index is 12.8. The fourth-order valence-corrected chi connectivity index (χ4v) is 2.95. The first kappa shape index (κ1) is 16.0. The molecule has 8 nitrogen and oxygen atoms in total. The minimum absolute atomic E-state index is 0.0909. The average Bonchev–Trinajstić information content (AvgIpc) is 3.02. The number of anilines is 1. The third-order valence-electron chi connectivity index (χ3n) is 4.17. The molecule has 0 aromatic heterocycles. The van der Waals surface area contributed by atoms with E-state index in [4.69, 9.17) is 4.74 Å². The van der Waals surface area contributed by atoms with Crippen LogP contribution in [-0.4, -0.2) is 42.8 Å². The lowest BCUT2D eigenvalue weighted by Gasteiger charge is -2.20. The van der Waals surface area contributed by atoms with E-state index in [-0.39, 0.29) is 5.71 Å². The monoisotopic (exact) mass is 331 g/mol. The number of amides is 2. The predicted octanol–water partition coefficient (Wildman–Crippen LogP) is 0.466. The highest BCUT2D eigenvalue weighted by atomic mass is 16.5. The van der Waals surface area contributed by atoms with Crippen LogP contribution >= 0.6 is 0 Å². The van der Waals surface area contributed by atoms with E-state index in [1.165, 1.54) is 7.11 Å². The van der Waals surface area contributed by atoms with E-state index in [1.807, 2.05) is 6.92 Å². The molecule has 0 radical (unpaired) electrons. The molecule has 8 heteroatoms. The van der Waals surface area contributed by atoms with Gasteiger partial charge in [0.1, 0.15) is 17.2 Å². The number of carbonyl (C=O) groups excluding carboxylic acids is 3. The van der Waals surface area contributed by atoms with Gasteiger partial charge in [0, 0.05) is 0 Å². The normalized spacial score (nSPS) is 25.2. The number of hydrogen-bond acceptors (Lipinski definition) is 7. The molecule has 0 aliphatic carbocycles. The van der Waals surface area contributed by atoms with Crippen molar-refractivity contribution in [1.82, 2.24) is 5.43 Å². The lowest BCUT2D eigenvalue weighted by Crippen LogP contribution is -2.48. The number of ether oxygens (including phenoxy) is 2. The number of hydrazone groups is 1. The molecule has 2 amide bonds. The summed E-state index contributed by atoms with van der Waals surface area (Å²) in [5.41, 5.74) is 1.65. The second kappa shape index (κ2) is 5.63. The van der Waals surface area contributed by atoms with Gasteiger partial charge in [-0.05, 0) is 38.1 Å². The molecule has 3 rings (SSSR count). The van der Waals surface area contributed by atoms with E-state index in [2.05, 4.69) is 15.3 Å². The molecule has 126 valence electrons. The zero-order valence-corrected chi connectivity index (χ0v) is 13.5. The standard InChI is InChI=1S/C16H17N3O5/c1-4-24-10-7-5-9(6-8-10)19-13(20)11-12(14(21)23-3)17-18-16(11,2)15(19)22/h5-8,11,18H,4H2,1-3H3. The highest BCUT2D eigenvalue weighted by molar-refractivity contribution is 6.47. The Hall–Kier alpha value is -2.90. The molecule has 0 spiro atoms. The summed E-state index contributed by atoms with van der Waals surface area (Å²) in [5.74, 6) is -2.08. The quantitative estimate of drug-likeness (QED) is 0.636. The molecular formula is C16H17N3O5. The van der Waals surface area contributed by atoms with Crippen molar-refractivity contribution in [2.45, 2.75) is 19.4 Å². The van der Waals surface area contributed by atoms with Crippen molar-refractivity contribution < 1.29 is 23.9 Å². The number of methoxy groups -OCH3 is 1. The van der Waals surface area contributed by atoms with Gasteiger partial charge in [0.15, 0.2) is 5.71 Å². The predicted molar refractivity (Wildman–Crippen MR) is 84.6 cm³/mol. The second-order valence-electron chi connectivity index (χ2n) is 5.64. The number of benzene rings is 1. The smallest absolute Gasteiger partial charge is 0.355 e. The van der Waals surface area contributed by atoms with Gasteiger partial charge < -0.3 is 9.47 Å². The maximum Gasteiger partial charge on any atom is 0.355 e. The first-order valence-electron chi connectivity index (χ1n) is 7.48. The summed E-state index contributed by atoms with van der Waals surface area (Å²) < 4.78 is 10.00. The van der Waals surface area contributed by atoms with E-state index in [0.29, 0.717) is 18.0 Å². The van der Waals surface area contributed by atoms with Crippen molar-refractivity contribution >= 4 is 29.2 Å². The van der Waals surface area contributed by atoms with Crippen LogP contribution < -0.4 is 15.1 Å². The summed E-state index contributed by atoms with van der Waals surface area (Å²) in [6, 6.07) is 6.61. The number of fused-ring (bicyclic) bond motifs is 1. The van der Waals surface area contributed by atoms with Gasteiger partial charge in [0.25, 0.3) is 5.91 Å². The van der Waals surface area contributed by atoms with E-state index >= 15 is 0 Å². The van der Waals surface area contributed by atoms with Gasteiger partial charge in [0.05, 0.1) is 19.4 Å². The molecule has 2 aliphatic heterocycles. The summed E-state index contributed by atoms with van der Waals surface area (Å²) in [6.45, 7) is 3.93. The Morgan fingerprint density at radius 2 is 2.00 bits per heavy atom. The number of esters is 1. The van der Waals surface area contributed by atoms with E-state index < -0.39 is 29.2 Å². The van der Waals surface area contributed by atoms with Crippen LogP contribution in [0.4, 0.5) is 5.69 Å². The van der Waals surface area contributed by atoms with Crippen molar-refractivity contribution in [2.24, 2.45) is 11.0 Å². The summed E-state index contributed by atoms with van der Waals surface area (Å²) in [6.07, 6.45) is 0. The van der Waals surface area contributed by atoms with E-state index in [1.54, 1.807) is 31.2 Å². The highest BCUT2D eigenvalue weighted by Crippen LogP contribution is 2.38. The van der Waals surface area contributed by atoms with Crippen molar-refractivity contribution in [3.63, 3.8) is 0 Å². The van der Waals surface area contributed by atoms with Crippen LogP contribution in [0.2, 0.25) is 0 Å². The summed E-state index contributed by atoms with van der Waals surface area (Å²) >= 11 is 0. The van der Waals surface area contributed by atoms with Gasteiger partial charge >= 0.3 is 5.97 Å². The Kier molecular flexibility index (Phi) is 3.75. The topological polar surface area (TPSA) is 97.3 Å². The number of nitrogens with one attached hydrogen (secondary N) is 1. The van der Waals surface area contributed by atoms with Crippen molar-refractivity contribution in [1.29, 1.82) is 0 Å². The lowest BCUT2D eigenvalue weighted by molar-refractivity contribution is -0.133. The molecule has 1 saturated heterocycles. The molecule has 2 aliphatic rings. The van der Waals surface area contributed by atoms with Gasteiger partial charge in [-0.15, -0.1) is 0 Å². The van der Waals surface area contributed by atoms with Crippen LogP contribution in [-0.2, 0) is 19.1 Å². The van der Waals surface area contributed by atoms with Gasteiger partial charge in [-0.2, -0.15) is 5.10 Å². The Labute approximate surface area is 138 Å². The Bertz CT molecular complexity index is 743. The number of hydrogen-bond donors (Lipinski definition) is 1. The summed E-state index contributed by atoms with van der Waals surface area (Å²) in [7, 11) is 1.20. The van der Waals surface area contributed by atoms with Crippen LogP contribution in [0.1, 0.15) is 13.8 Å². The van der Waals surface area contributed by atoms with Crippen LogP contribution in [0.3, 0.4) is 0 Å². The van der Waals surface area contributed by atoms with Crippen molar-refractivity contribution in [3.05, 3.63) is 24.3 Å². The first-order valence-corrected chi connectivity index (χ1v) is 7.48. The minimum atomic E-state index is -1.29. The minimum Gasteiger partial charge on any atom is -0.494 e. The fourth-order valence-electron chi connectivity index (χ4n) is 2.95. The van der Waals surface area contributed by atoms with Crippen LogP contribution in [0.5, 0.6) is 5.75 Å². The van der Waals surface area contributed by atoms with Crippen LogP contribution in [0.25, 0.3) is 0 Å². The molecule has 0 saturated carbocycles. The maximum atomic E-state index is 12.8. The number of nitrogens with zero attached hydrogens (tertiary/aromatic N) is 2. The average molecular weight is 331 g/mol. The van der Waals surface area contributed by atoms with Crippen molar-refractivity contribution in [2.75, 3.05) is 18.6 Å². The molecule has 0 bridgehead atoms. The van der Waals surface area contributed by atoms with Crippen LogP contribution in [0, 0.1) is 5.92 Å². The Morgan fingerprint density at radius 1 is 1.33 bits per heavy atom. The van der Waals surface area contributed by atoms with Crippen molar-refractivity contribution in [3.8, 4) is 5.75 Å². The first-order chi connectivity index (χ1) is 11.4. The zero-order chi connectivity index (χ0) is 17.5. The molecule has 24 heavy (non-hydrogen) atoms. The molecule has 2 heterocycles. The lowest BCUT2D eigenvalue weighted by atomic mass is 9.86. The largest absolute Gasteiger partial charge is 0.494 e. The molecular weight excluding hydrogens is 314 g/mol. The number of imide groups is 1.